The minimum absolute atomic E-state index is 0.343. The summed E-state index contributed by atoms with van der Waals surface area (Å²) in [5.74, 6) is 0.109. The van der Waals surface area contributed by atoms with E-state index in [1.807, 2.05) is 18.2 Å². The van der Waals surface area contributed by atoms with Crippen molar-refractivity contribution in [2.24, 2.45) is 0 Å². The van der Waals surface area contributed by atoms with Crippen molar-refractivity contribution in [1.82, 2.24) is 9.97 Å². The van der Waals surface area contributed by atoms with E-state index in [4.69, 9.17) is 4.74 Å². The third kappa shape index (κ3) is 4.05. The van der Waals surface area contributed by atoms with Crippen LogP contribution in [-0.4, -0.2) is 29.1 Å². The molecule has 2 aromatic rings. The van der Waals surface area contributed by atoms with Gasteiger partial charge in [0, 0.05) is 18.9 Å². The molecule has 0 bridgehead atoms. The molecule has 5 heteroatoms. The maximum atomic E-state index is 11.4. The number of hydrogen-bond acceptors (Lipinski definition) is 5. The summed E-state index contributed by atoms with van der Waals surface area (Å²) in [6, 6.07) is 10.2. The number of carbonyl (C=O) groups is 1. The van der Waals surface area contributed by atoms with Crippen LogP contribution in [0.5, 0.6) is 0 Å². The van der Waals surface area contributed by atoms with Gasteiger partial charge in [-0.2, -0.15) is 0 Å². The summed E-state index contributed by atoms with van der Waals surface area (Å²) in [6.45, 7) is 2.84. The Bertz CT molecular complexity index is 541. The lowest BCUT2D eigenvalue weighted by molar-refractivity contribution is 0.0525. The van der Waals surface area contributed by atoms with Gasteiger partial charge in [-0.15, -0.1) is 0 Å². The molecule has 20 heavy (non-hydrogen) atoms. The van der Waals surface area contributed by atoms with Crippen molar-refractivity contribution in [1.29, 1.82) is 0 Å². The molecule has 1 aromatic carbocycles. The van der Waals surface area contributed by atoms with Crippen LogP contribution in [-0.2, 0) is 11.2 Å². The van der Waals surface area contributed by atoms with Crippen LogP contribution in [0.25, 0.3) is 0 Å². The maximum absolute atomic E-state index is 11.4. The van der Waals surface area contributed by atoms with E-state index >= 15 is 0 Å². The quantitative estimate of drug-likeness (QED) is 0.817. The lowest BCUT2D eigenvalue weighted by atomic mass is 10.1. The van der Waals surface area contributed by atoms with Crippen LogP contribution >= 0.6 is 0 Å². The molecule has 0 saturated heterocycles. The van der Waals surface area contributed by atoms with E-state index in [9.17, 15) is 4.79 Å². The van der Waals surface area contributed by atoms with Crippen molar-refractivity contribution in [3.05, 3.63) is 53.9 Å². The maximum Gasteiger partial charge on any atom is 0.341 e. The van der Waals surface area contributed by atoms with Crippen molar-refractivity contribution >= 4 is 11.9 Å². The minimum atomic E-state index is -0.400. The molecule has 1 heterocycles. The third-order valence-electron chi connectivity index (χ3n) is 2.70. The zero-order valence-electron chi connectivity index (χ0n) is 11.4. The summed E-state index contributed by atoms with van der Waals surface area (Å²) >= 11 is 0. The van der Waals surface area contributed by atoms with Gasteiger partial charge in [-0.1, -0.05) is 30.3 Å². The monoisotopic (exact) mass is 271 g/mol. The fraction of sp³-hybridized carbons (Fsp3) is 0.267. The summed E-state index contributed by atoms with van der Waals surface area (Å²) in [5.41, 5.74) is 1.61. The zero-order chi connectivity index (χ0) is 14.2. The molecule has 0 aliphatic rings. The number of rotatable bonds is 6. The Balaban J connectivity index is 1.83. The van der Waals surface area contributed by atoms with Crippen molar-refractivity contribution < 1.29 is 9.53 Å². The molecule has 104 valence electrons. The van der Waals surface area contributed by atoms with Gasteiger partial charge in [0.25, 0.3) is 0 Å². The van der Waals surface area contributed by atoms with Gasteiger partial charge in [-0.25, -0.2) is 14.8 Å². The van der Waals surface area contributed by atoms with E-state index in [1.165, 1.54) is 18.0 Å². The molecule has 0 unspecified atom stereocenters. The molecule has 5 nitrogen and oxygen atoms in total. The van der Waals surface area contributed by atoms with E-state index in [0.29, 0.717) is 18.1 Å². The van der Waals surface area contributed by atoms with Crippen LogP contribution in [0.3, 0.4) is 0 Å². The second kappa shape index (κ2) is 7.23. The van der Waals surface area contributed by atoms with Crippen molar-refractivity contribution in [2.45, 2.75) is 13.3 Å². The van der Waals surface area contributed by atoms with E-state index in [-0.39, 0.29) is 0 Å². The van der Waals surface area contributed by atoms with Crippen LogP contribution in [0.4, 0.5) is 5.95 Å². The van der Waals surface area contributed by atoms with Crippen LogP contribution in [0, 0.1) is 0 Å². The summed E-state index contributed by atoms with van der Waals surface area (Å²) < 4.78 is 4.87. The summed E-state index contributed by atoms with van der Waals surface area (Å²) in [7, 11) is 0. The van der Waals surface area contributed by atoms with E-state index in [2.05, 4.69) is 27.4 Å². The molecule has 1 N–H and O–H groups in total. The molecule has 0 saturated carbocycles. The number of nitrogens with zero attached hydrogens (tertiary/aromatic N) is 2. The predicted molar refractivity (Wildman–Crippen MR) is 76.6 cm³/mol. The van der Waals surface area contributed by atoms with Gasteiger partial charge in [0.2, 0.25) is 5.95 Å². The molecule has 0 radical (unpaired) electrons. The van der Waals surface area contributed by atoms with Crippen LogP contribution in [0.15, 0.2) is 42.7 Å². The number of aromatic nitrogens is 2. The molecule has 0 amide bonds. The highest BCUT2D eigenvalue weighted by Crippen LogP contribution is 2.04. The first kappa shape index (κ1) is 14.0. The van der Waals surface area contributed by atoms with Gasteiger partial charge in [0.15, 0.2) is 0 Å². The number of esters is 1. The largest absolute Gasteiger partial charge is 0.462 e. The van der Waals surface area contributed by atoms with Gasteiger partial charge in [-0.3, -0.25) is 0 Å². The smallest absolute Gasteiger partial charge is 0.341 e. The fourth-order valence-corrected chi connectivity index (χ4v) is 1.70. The molecule has 0 aliphatic carbocycles. The molecular formula is C15H17N3O2. The number of ether oxygens (including phenoxy) is 1. The van der Waals surface area contributed by atoms with E-state index in [1.54, 1.807) is 6.92 Å². The summed E-state index contributed by atoms with van der Waals surface area (Å²) in [6.07, 6.45) is 3.83. The Morgan fingerprint density at radius 3 is 2.55 bits per heavy atom. The summed E-state index contributed by atoms with van der Waals surface area (Å²) in [4.78, 5) is 19.6. The number of anilines is 1. The number of hydrogen-bond donors (Lipinski definition) is 1. The number of carbonyl (C=O) groups excluding carboxylic acids is 1. The average molecular weight is 271 g/mol. The second-order valence-corrected chi connectivity index (χ2v) is 4.18. The summed E-state index contributed by atoms with van der Waals surface area (Å²) in [5, 5.41) is 3.12. The van der Waals surface area contributed by atoms with Crippen LogP contribution < -0.4 is 5.32 Å². The van der Waals surface area contributed by atoms with Gasteiger partial charge in [0.1, 0.15) is 0 Å². The van der Waals surface area contributed by atoms with E-state index in [0.717, 1.165) is 13.0 Å². The van der Waals surface area contributed by atoms with Gasteiger partial charge in [0.05, 0.1) is 12.2 Å². The van der Waals surface area contributed by atoms with E-state index < -0.39 is 5.97 Å². The fourth-order valence-electron chi connectivity index (χ4n) is 1.70. The topological polar surface area (TPSA) is 64.1 Å². The highest BCUT2D eigenvalue weighted by Gasteiger charge is 2.07. The zero-order valence-corrected chi connectivity index (χ0v) is 11.4. The van der Waals surface area contributed by atoms with Gasteiger partial charge in [-0.05, 0) is 18.9 Å². The molecule has 1 aromatic heterocycles. The number of nitrogens with one attached hydrogen (secondary N) is 1. The molecule has 2 rings (SSSR count). The Hall–Kier alpha value is -2.43. The lowest BCUT2D eigenvalue weighted by Crippen LogP contribution is -2.10. The normalized spacial score (nSPS) is 10.1. The van der Waals surface area contributed by atoms with Crippen molar-refractivity contribution in [3.8, 4) is 0 Å². The molecule has 0 spiro atoms. The lowest BCUT2D eigenvalue weighted by Gasteiger charge is -2.05. The standard InChI is InChI=1S/C15H17N3O2/c1-2-20-14(19)13-10-17-15(18-11-13)16-9-8-12-6-4-3-5-7-12/h3-7,10-11H,2,8-9H2,1H3,(H,16,17,18). The highest BCUT2D eigenvalue weighted by molar-refractivity contribution is 5.88. The first-order chi connectivity index (χ1) is 9.79. The minimum Gasteiger partial charge on any atom is -0.462 e. The molecule has 0 atom stereocenters. The molecular weight excluding hydrogens is 254 g/mol. The molecule has 0 aliphatic heterocycles. The first-order valence-electron chi connectivity index (χ1n) is 6.56. The highest BCUT2D eigenvalue weighted by atomic mass is 16.5. The first-order valence-corrected chi connectivity index (χ1v) is 6.56. The SMILES string of the molecule is CCOC(=O)c1cnc(NCCc2ccccc2)nc1. The Morgan fingerprint density at radius 2 is 1.90 bits per heavy atom. The Labute approximate surface area is 118 Å². The van der Waals surface area contributed by atoms with Crippen LogP contribution in [0.1, 0.15) is 22.8 Å². The predicted octanol–water partition coefficient (Wildman–Crippen LogP) is 2.31. The Morgan fingerprint density at radius 1 is 1.20 bits per heavy atom. The van der Waals surface area contributed by atoms with Crippen molar-refractivity contribution in [3.63, 3.8) is 0 Å². The van der Waals surface area contributed by atoms with Gasteiger partial charge >= 0.3 is 5.97 Å². The average Bonchev–Trinajstić information content (AvgIpc) is 2.49. The number of benzene rings is 1. The van der Waals surface area contributed by atoms with Crippen LogP contribution in [0.2, 0.25) is 0 Å². The van der Waals surface area contributed by atoms with Crippen molar-refractivity contribution in [2.75, 3.05) is 18.5 Å². The molecule has 0 fully saturated rings. The van der Waals surface area contributed by atoms with Gasteiger partial charge < -0.3 is 10.1 Å². The third-order valence-corrected chi connectivity index (χ3v) is 2.70. The Kier molecular flexibility index (Phi) is 5.06. The second-order valence-electron chi connectivity index (χ2n) is 4.18.